The molecule has 0 spiro atoms. The van der Waals surface area contributed by atoms with E-state index in [0.29, 0.717) is 37.8 Å². The van der Waals surface area contributed by atoms with Gasteiger partial charge in [0.1, 0.15) is 5.75 Å². The Morgan fingerprint density at radius 1 is 0.795 bits per heavy atom. The van der Waals surface area contributed by atoms with Crippen LogP contribution in [-0.4, -0.2) is 60.4 Å². The van der Waals surface area contributed by atoms with Crippen LogP contribution in [0.5, 0.6) is 5.75 Å². The third-order valence-corrected chi connectivity index (χ3v) is 7.53. The zero-order valence-corrected chi connectivity index (χ0v) is 23.7. The lowest BCUT2D eigenvalue weighted by Gasteiger charge is -2.30. The van der Waals surface area contributed by atoms with Gasteiger partial charge in [-0.2, -0.15) is 0 Å². The van der Waals surface area contributed by atoms with E-state index >= 15 is 0 Å². The molecule has 0 aliphatic carbocycles. The minimum atomic E-state index is -0.0810. The summed E-state index contributed by atoms with van der Waals surface area (Å²) in [7, 11) is 0. The van der Waals surface area contributed by atoms with E-state index in [9.17, 15) is 9.59 Å². The number of hydrogen-bond acceptors (Lipinski definition) is 4. The van der Waals surface area contributed by atoms with Gasteiger partial charge in [0.25, 0.3) is 5.91 Å². The second-order valence-electron chi connectivity index (χ2n) is 10.6. The van der Waals surface area contributed by atoms with Gasteiger partial charge in [-0.15, -0.1) is 0 Å². The van der Waals surface area contributed by atoms with Crippen molar-refractivity contribution in [1.82, 2.24) is 9.80 Å². The molecule has 0 atom stereocenters. The van der Waals surface area contributed by atoms with E-state index in [0.717, 1.165) is 47.5 Å². The van der Waals surface area contributed by atoms with Gasteiger partial charge in [-0.1, -0.05) is 60.7 Å². The maximum Gasteiger partial charge on any atom is 0.264 e. The molecular formula is C33H41N3O3. The van der Waals surface area contributed by atoms with Gasteiger partial charge in [0.15, 0.2) is 6.61 Å². The maximum atomic E-state index is 13.7. The first-order valence-electron chi connectivity index (χ1n) is 14.0. The van der Waals surface area contributed by atoms with Gasteiger partial charge in [-0.25, -0.2) is 0 Å². The third-order valence-electron chi connectivity index (χ3n) is 7.53. The minimum absolute atomic E-state index is 0.0401. The van der Waals surface area contributed by atoms with Crippen LogP contribution in [0.1, 0.15) is 42.5 Å². The van der Waals surface area contributed by atoms with Gasteiger partial charge in [0.05, 0.1) is 12.1 Å². The summed E-state index contributed by atoms with van der Waals surface area (Å²) < 4.78 is 5.86. The van der Waals surface area contributed by atoms with Crippen molar-refractivity contribution in [3.8, 4) is 5.75 Å². The van der Waals surface area contributed by atoms with Crippen molar-refractivity contribution in [2.24, 2.45) is 0 Å². The van der Waals surface area contributed by atoms with Crippen LogP contribution in [0, 0.1) is 13.8 Å². The molecule has 1 aliphatic heterocycles. The molecule has 0 N–H and O–H groups in total. The summed E-state index contributed by atoms with van der Waals surface area (Å²) >= 11 is 0. The van der Waals surface area contributed by atoms with Gasteiger partial charge in [-0.05, 0) is 68.5 Å². The molecule has 1 heterocycles. The van der Waals surface area contributed by atoms with E-state index in [4.69, 9.17) is 4.74 Å². The highest BCUT2D eigenvalue weighted by Crippen LogP contribution is 2.28. The Bertz CT molecular complexity index is 1260. The molecule has 0 fully saturated rings. The lowest BCUT2D eigenvalue weighted by atomic mass is 10.0. The number of fused-ring (bicyclic) bond motifs is 1. The molecule has 0 bridgehead atoms. The van der Waals surface area contributed by atoms with E-state index in [2.05, 4.69) is 31.7 Å². The van der Waals surface area contributed by atoms with Crippen molar-refractivity contribution in [2.75, 3.05) is 37.7 Å². The van der Waals surface area contributed by atoms with Crippen LogP contribution in [0.25, 0.3) is 0 Å². The molecule has 0 saturated carbocycles. The summed E-state index contributed by atoms with van der Waals surface area (Å²) in [6.07, 6.45) is 1.20. The predicted molar refractivity (Wildman–Crippen MR) is 157 cm³/mol. The number of carbonyl (C=O) groups is 2. The Balaban J connectivity index is 1.65. The van der Waals surface area contributed by atoms with Crippen LogP contribution < -0.4 is 9.64 Å². The summed E-state index contributed by atoms with van der Waals surface area (Å²) in [5.74, 6) is 0.695. The van der Waals surface area contributed by atoms with Crippen LogP contribution in [0.15, 0.2) is 72.8 Å². The van der Waals surface area contributed by atoms with Gasteiger partial charge in [-0.3, -0.25) is 14.5 Å². The fraction of sp³-hybridized carbons (Fsp3) is 0.394. The quantitative estimate of drug-likeness (QED) is 0.431. The second-order valence-corrected chi connectivity index (χ2v) is 10.6. The first-order chi connectivity index (χ1) is 18.8. The molecule has 3 aromatic rings. The molecule has 4 rings (SSSR count). The predicted octanol–water partition coefficient (Wildman–Crippen LogP) is 5.40. The molecule has 2 amide bonds. The molecule has 1 aliphatic rings. The number of nitrogens with zero attached hydrogens (tertiary/aromatic N) is 3. The standard InChI is InChI=1S/C33H41N3O3/c1-25(2)34-18-11-19-36(32(38)24-39-30-16-6-5-7-17-30)33-27(4)13-10-15-29(33)23-35(21-20-34)31(37)22-28-14-9-8-12-26(28)3/h5-10,12-17,25H,11,18-24H2,1-4H3. The maximum absolute atomic E-state index is 13.7. The first kappa shape index (κ1) is 28.4. The highest BCUT2D eigenvalue weighted by Gasteiger charge is 2.26. The molecular weight excluding hydrogens is 486 g/mol. The number of benzene rings is 3. The number of hydrogen-bond donors (Lipinski definition) is 0. The van der Waals surface area contributed by atoms with Crippen molar-refractivity contribution in [1.29, 1.82) is 0 Å². The van der Waals surface area contributed by atoms with Gasteiger partial charge < -0.3 is 14.5 Å². The van der Waals surface area contributed by atoms with Gasteiger partial charge in [0, 0.05) is 38.8 Å². The molecule has 0 aromatic heterocycles. The van der Waals surface area contributed by atoms with Crippen LogP contribution >= 0.6 is 0 Å². The van der Waals surface area contributed by atoms with E-state index in [-0.39, 0.29) is 18.4 Å². The Hall–Kier alpha value is -3.64. The summed E-state index contributed by atoms with van der Waals surface area (Å²) in [5.41, 5.74) is 5.08. The topological polar surface area (TPSA) is 53.1 Å². The van der Waals surface area contributed by atoms with E-state index < -0.39 is 0 Å². The Labute approximate surface area is 233 Å². The molecule has 0 saturated heterocycles. The first-order valence-corrected chi connectivity index (χ1v) is 14.0. The normalized spacial score (nSPS) is 15.0. The number of amides is 2. The Kier molecular flexibility index (Phi) is 9.77. The fourth-order valence-corrected chi connectivity index (χ4v) is 5.22. The summed E-state index contributed by atoms with van der Waals surface area (Å²) in [4.78, 5) is 33.6. The largest absolute Gasteiger partial charge is 0.484 e. The van der Waals surface area contributed by atoms with E-state index in [1.165, 1.54) is 0 Å². The number of para-hydroxylation sites is 2. The second kappa shape index (κ2) is 13.4. The van der Waals surface area contributed by atoms with Crippen LogP contribution in [0.2, 0.25) is 0 Å². The molecule has 3 aromatic carbocycles. The highest BCUT2D eigenvalue weighted by atomic mass is 16.5. The fourth-order valence-electron chi connectivity index (χ4n) is 5.22. The number of ether oxygens (including phenoxy) is 1. The van der Waals surface area contributed by atoms with Crippen LogP contribution in [-0.2, 0) is 22.6 Å². The molecule has 39 heavy (non-hydrogen) atoms. The van der Waals surface area contributed by atoms with Crippen molar-refractivity contribution in [3.63, 3.8) is 0 Å². The van der Waals surface area contributed by atoms with Gasteiger partial charge in [0.2, 0.25) is 5.91 Å². The van der Waals surface area contributed by atoms with Crippen molar-refractivity contribution >= 4 is 17.5 Å². The molecule has 6 nitrogen and oxygen atoms in total. The highest BCUT2D eigenvalue weighted by molar-refractivity contribution is 5.96. The zero-order valence-electron chi connectivity index (χ0n) is 23.7. The van der Waals surface area contributed by atoms with Crippen molar-refractivity contribution in [3.05, 3.63) is 95.1 Å². The van der Waals surface area contributed by atoms with Crippen molar-refractivity contribution < 1.29 is 14.3 Å². The minimum Gasteiger partial charge on any atom is -0.484 e. The van der Waals surface area contributed by atoms with E-state index in [1.807, 2.05) is 83.5 Å². The number of rotatable bonds is 6. The summed E-state index contributed by atoms with van der Waals surface area (Å²) in [5, 5.41) is 0. The van der Waals surface area contributed by atoms with Crippen LogP contribution in [0.4, 0.5) is 5.69 Å². The lowest BCUT2D eigenvalue weighted by Crippen LogP contribution is -2.42. The molecule has 0 radical (unpaired) electrons. The van der Waals surface area contributed by atoms with E-state index in [1.54, 1.807) is 0 Å². The molecule has 206 valence electrons. The number of carbonyl (C=O) groups excluding carboxylic acids is 2. The monoisotopic (exact) mass is 527 g/mol. The lowest BCUT2D eigenvalue weighted by molar-refractivity contribution is -0.131. The zero-order chi connectivity index (χ0) is 27.8. The average molecular weight is 528 g/mol. The summed E-state index contributed by atoms with van der Waals surface area (Å²) in [6.45, 7) is 11.8. The van der Waals surface area contributed by atoms with Gasteiger partial charge >= 0.3 is 0 Å². The Morgan fingerprint density at radius 3 is 2.26 bits per heavy atom. The average Bonchev–Trinajstić information content (AvgIpc) is 2.96. The smallest absolute Gasteiger partial charge is 0.264 e. The molecule has 6 heteroatoms. The summed E-state index contributed by atoms with van der Waals surface area (Å²) in [6, 6.07) is 24.0. The number of aryl methyl sites for hydroxylation is 2. The van der Waals surface area contributed by atoms with Crippen LogP contribution in [0.3, 0.4) is 0 Å². The van der Waals surface area contributed by atoms with Crippen molar-refractivity contribution in [2.45, 2.75) is 53.1 Å². The SMILES string of the molecule is Cc1ccccc1CC(=O)N1CCN(C(C)C)CCCN(C(=O)COc2ccccc2)c2c(C)cccc2C1. The third kappa shape index (κ3) is 7.48. The molecule has 0 unspecified atom stereocenters. The Morgan fingerprint density at radius 2 is 1.51 bits per heavy atom. The number of anilines is 1.